The van der Waals surface area contributed by atoms with Gasteiger partial charge in [0.25, 0.3) is 0 Å². The summed E-state index contributed by atoms with van der Waals surface area (Å²) in [6.07, 6.45) is 4.76. The number of aliphatic hydroxyl groups is 2. The number of rotatable bonds is 0. The molecule has 2 saturated carbocycles. The molecular formula is C9H16O2. The zero-order chi connectivity index (χ0) is 8.11. The van der Waals surface area contributed by atoms with Crippen molar-refractivity contribution in [2.45, 2.75) is 50.7 Å². The van der Waals surface area contributed by atoms with Crippen LogP contribution in [0.5, 0.6) is 0 Å². The van der Waals surface area contributed by atoms with Gasteiger partial charge in [-0.3, -0.25) is 0 Å². The molecule has 0 saturated heterocycles. The second-order valence-corrected chi connectivity index (χ2v) is 4.37. The van der Waals surface area contributed by atoms with Gasteiger partial charge in [-0.15, -0.1) is 0 Å². The first-order valence-corrected chi connectivity index (χ1v) is 4.49. The predicted molar refractivity (Wildman–Crippen MR) is 42.1 cm³/mol. The minimum atomic E-state index is -0.563. The molecule has 11 heavy (non-hydrogen) atoms. The molecule has 64 valence electrons. The molecule has 2 aliphatic carbocycles. The third-order valence-corrected chi connectivity index (χ3v) is 3.60. The summed E-state index contributed by atoms with van der Waals surface area (Å²) < 4.78 is 0. The summed E-state index contributed by atoms with van der Waals surface area (Å²) in [6, 6.07) is 0. The van der Waals surface area contributed by atoms with Crippen LogP contribution in [0.1, 0.15) is 39.0 Å². The van der Waals surface area contributed by atoms with Gasteiger partial charge in [-0.05, 0) is 26.2 Å². The van der Waals surface area contributed by atoms with E-state index in [0.717, 1.165) is 25.7 Å². The van der Waals surface area contributed by atoms with E-state index in [1.54, 1.807) is 0 Å². The first-order valence-electron chi connectivity index (χ1n) is 4.49. The smallest absolute Gasteiger partial charge is 0.0708 e. The summed E-state index contributed by atoms with van der Waals surface area (Å²) in [5.41, 5.74) is -0.669. The highest BCUT2D eigenvalue weighted by Crippen LogP contribution is 2.63. The lowest BCUT2D eigenvalue weighted by Gasteiger charge is -2.29. The highest BCUT2D eigenvalue weighted by atomic mass is 16.3. The molecule has 3 unspecified atom stereocenters. The highest BCUT2D eigenvalue weighted by Gasteiger charge is 2.67. The summed E-state index contributed by atoms with van der Waals surface area (Å²) in [7, 11) is 0. The SMILES string of the molecule is CC1(O)CC12CCCCC2O. The van der Waals surface area contributed by atoms with E-state index in [2.05, 4.69) is 0 Å². The monoisotopic (exact) mass is 156 g/mol. The van der Waals surface area contributed by atoms with Crippen molar-refractivity contribution in [1.29, 1.82) is 0 Å². The van der Waals surface area contributed by atoms with Crippen molar-refractivity contribution in [3.63, 3.8) is 0 Å². The maximum Gasteiger partial charge on any atom is 0.0708 e. The molecule has 0 heterocycles. The Hall–Kier alpha value is -0.0800. The molecule has 0 aromatic rings. The largest absolute Gasteiger partial charge is 0.392 e. The molecule has 0 aromatic heterocycles. The van der Waals surface area contributed by atoms with Crippen LogP contribution in [0.3, 0.4) is 0 Å². The van der Waals surface area contributed by atoms with E-state index >= 15 is 0 Å². The fraction of sp³-hybridized carbons (Fsp3) is 1.00. The summed E-state index contributed by atoms with van der Waals surface area (Å²) in [6.45, 7) is 1.85. The zero-order valence-corrected chi connectivity index (χ0v) is 7.01. The third-order valence-electron chi connectivity index (χ3n) is 3.60. The van der Waals surface area contributed by atoms with Crippen molar-refractivity contribution in [2.75, 3.05) is 0 Å². The molecule has 2 fully saturated rings. The van der Waals surface area contributed by atoms with E-state index in [1.165, 1.54) is 6.42 Å². The van der Waals surface area contributed by atoms with Gasteiger partial charge in [0.2, 0.25) is 0 Å². The average Bonchev–Trinajstić information content (AvgIpc) is 2.45. The van der Waals surface area contributed by atoms with Crippen molar-refractivity contribution in [2.24, 2.45) is 5.41 Å². The fourth-order valence-corrected chi connectivity index (χ4v) is 2.63. The molecular weight excluding hydrogens is 140 g/mol. The number of aliphatic hydroxyl groups excluding tert-OH is 1. The number of hydrogen-bond acceptors (Lipinski definition) is 2. The number of hydrogen-bond donors (Lipinski definition) is 2. The zero-order valence-electron chi connectivity index (χ0n) is 7.01. The van der Waals surface area contributed by atoms with Crippen LogP contribution in [0.2, 0.25) is 0 Å². The van der Waals surface area contributed by atoms with E-state index < -0.39 is 5.60 Å². The maximum absolute atomic E-state index is 9.72. The predicted octanol–water partition coefficient (Wildman–Crippen LogP) is 1.06. The quantitative estimate of drug-likeness (QED) is 0.550. The first-order chi connectivity index (χ1) is 5.08. The molecule has 0 amide bonds. The van der Waals surface area contributed by atoms with Crippen molar-refractivity contribution in [3.8, 4) is 0 Å². The standard InChI is InChI=1S/C9H16O2/c1-8(11)6-9(8)5-3-2-4-7(9)10/h7,10-11H,2-6H2,1H3. The maximum atomic E-state index is 9.72. The molecule has 3 atom stereocenters. The summed E-state index contributed by atoms with van der Waals surface area (Å²) in [5.74, 6) is 0. The van der Waals surface area contributed by atoms with Gasteiger partial charge in [0.1, 0.15) is 0 Å². The lowest BCUT2D eigenvalue weighted by atomic mass is 9.81. The Morgan fingerprint density at radius 2 is 2.00 bits per heavy atom. The molecule has 0 aliphatic heterocycles. The molecule has 0 aromatic carbocycles. The van der Waals surface area contributed by atoms with Crippen LogP contribution >= 0.6 is 0 Å². The molecule has 1 spiro atoms. The third kappa shape index (κ3) is 0.859. The summed E-state index contributed by atoms with van der Waals surface area (Å²) in [4.78, 5) is 0. The van der Waals surface area contributed by atoms with Crippen molar-refractivity contribution < 1.29 is 10.2 Å². The van der Waals surface area contributed by atoms with E-state index in [-0.39, 0.29) is 11.5 Å². The Bertz CT molecular complexity index is 176. The van der Waals surface area contributed by atoms with Gasteiger partial charge in [0, 0.05) is 5.41 Å². The normalized spacial score (nSPS) is 56.5. The molecule has 2 rings (SSSR count). The Balaban J connectivity index is 2.13. The van der Waals surface area contributed by atoms with Gasteiger partial charge >= 0.3 is 0 Å². The summed E-state index contributed by atoms with van der Waals surface area (Å²) >= 11 is 0. The molecule has 2 heteroatoms. The van der Waals surface area contributed by atoms with Crippen LogP contribution in [0.15, 0.2) is 0 Å². The van der Waals surface area contributed by atoms with Crippen LogP contribution in [0.25, 0.3) is 0 Å². The van der Waals surface area contributed by atoms with Crippen LogP contribution in [0.4, 0.5) is 0 Å². The van der Waals surface area contributed by atoms with Crippen LogP contribution in [0, 0.1) is 5.41 Å². The van der Waals surface area contributed by atoms with Crippen LogP contribution in [-0.4, -0.2) is 21.9 Å². The van der Waals surface area contributed by atoms with E-state index in [4.69, 9.17) is 0 Å². The Labute approximate surface area is 67.2 Å². The lowest BCUT2D eigenvalue weighted by Crippen LogP contribution is -2.33. The minimum absolute atomic E-state index is 0.106. The topological polar surface area (TPSA) is 40.5 Å². The van der Waals surface area contributed by atoms with Crippen molar-refractivity contribution in [3.05, 3.63) is 0 Å². The van der Waals surface area contributed by atoms with Crippen LogP contribution < -0.4 is 0 Å². The van der Waals surface area contributed by atoms with E-state index in [0.29, 0.717) is 0 Å². The molecule has 2 aliphatic rings. The Morgan fingerprint density at radius 3 is 2.36 bits per heavy atom. The second-order valence-electron chi connectivity index (χ2n) is 4.37. The lowest BCUT2D eigenvalue weighted by molar-refractivity contribution is -0.00522. The van der Waals surface area contributed by atoms with E-state index in [9.17, 15) is 10.2 Å². The van der Waals surface area contributed by atoms with Gasteiger partial charge in [0.05, 0.1) is 11.7 Å². The van der Waals surface area contributed by atoms with Gasteiger partial charge in [-0.1, -0.05) is 12.8 Å². The van der Waals surface area contributed by atoms with E-state index in [1.807, 2.05) is 6.92 Å². The highest BCUT2D eigenvalue weighted by molar-refractivity contribution is 5.17. The summed E-state index contributed by atoms with van der Waals surface area (Å²) in [5, 5.41) is 19.4. The molecule has 2 N–H and O–H groups in total. The minimum Gasteiger partial charge on any atom is -0.392 e. The molecule has 2 nitrogen and oxygen atoms in total. The van der Waals surface area contributed by atoms with Gasteiger partial charge in [-0.2, -0.15) is 0 Å². The van der Waals surface area contributed by atoms with Gasteiger partial charge < -0.3 is 10.2 Å². The Kier molecular flexibility index (Phi) is 1.37. The second kappa shape index (κ2) is 1.99. The molecule has 0 bridgehead atoms. The molecule has 0 radical (unpaired) electrons. The van der Waals surface area contributed by atoms with Crippen LogP contribution in [-0.2, 0) is 0 Å². The van der Waals surface area contributed by atoms with Crippen molar-refractivity contribution in [1.82, 2.24) is 0 Å². The van der Waals surface area contributed by atoms with Gasteiger partial charge in [-0.25, -0.2) is 0 Å². The first kappa shape index (κ1) is 7.56. The van der Waals surface area contributed by atoms with Crippen molar-refractivity contribution >= 4 is 0 Å². The van der Waals surface area contributed by atoms with Gasteiger partial charge in [0.15, 0.2) is 0 Å². The Morgan fingerprint density at radius 1 is 1.36 bits per heavy atom. The fourth-order valence-electron chi connectivity index (χ4n) is 2.63. The average molecular weight is 156 g/mol.